The van der Waals surface area contributed by atoms with Gasteiger partial charge in [0.15, 0.2) is 0 Å². The van der Waals surface area contributed by atoms with Gasteiger partial charge >= 0.3 is 6.18 Å². The number of halogens is 4. The molecule has 1 aliphatic rings. The van der Waals surface area contributed by atoms with Crippen LogP contribution in [0.5, 0.6) is 0 Å². The van der Waals surface area contributed by atoms with E-state index in [4.69, 9.17) is 0 Å². The van der Waals surface area contributed by atoms with Crippen molar-refractivity contribution in [3.63, 3.8) is 0 Å². The average molecular weight is 270 g/mol. The van der Waals surface area contributed by atoms with Crippen molar-refractivity contribution in [1.82, 2.24) is 9.97 Å². The first-order valence-corrected chi connectivity index (χ1v) is 5.87. The summed E-state index contributed by atoms with van der Waals surface area (Å²) in [6.07, 6.45) is -0.861. The number of imidazole rings is 1. The maximum atomic E-state index is 13.6. The van der Waals surface area contributed by atoms with E-state index >= 15 is 0 Å². The fourth-order valence-corrected chi connectivity index (χ4v) is 1.96. The van der Waals surface area contributed by atoms with Gasteiger partial charge in [0, 0.05) is 17.8 Å². The molecule has 1 saturated carbocycles. The fraction of sp³-hybridized carbons (Fsp3) is 0.308. The van der Waals surface area contributed by atoms with E-state index in [2.05, 4.69) is 9.97 Å². The average Bonchev–Trinajstić information content (AvgIpc) is 3.07. The zero-order chi connectivity index (χ0) is 13.6. The van der Waals surface area contributed by atoms with Gasteiger partial charge in [-0.05, 0) is 31.0 Å². The fourth-order valence-electron chi connectivity index (χ4n) is 1.96. The topological polar surface area (TPSA) is 28.7 Å². The molecular weight excluding hydrogens is 260 g/mol. The number of hydrogen-bond acceptors (Lipinski definition) is 1. The monoisotopic (exact) mass is 270 g/mol. The Morgan fingerprint density at radius 1 is 1.21 bits per heavy atom. The van der Waals surface area contributed by atoms with Gasteiger partial charge in [-0.1, -0.05) is 0 Å². The van der Waals surface area contributed by atoms with Crippen LogP contribution in [0.15, 0.2) is 24.4 Å². The van der Waals surface area contributed by atoms with Gasteiger partial charge in [0.2, 0.25) is 0 Å². The zero-order valence-electron chi connectivity index (χ0n) is 9.76. The van der Waals surface area contributed by atoms with Crippen LogP contribution in [0.25, 0.3) is 11.4 Å². The Bertz CT molecular complexity index is 611. The molecule has 1 heterocycles. The second-order valence-electron chi connectivity index (χ2n) is 4.65. The van der Waals surface area contributed by atoms with Gasteiger partial charge in [-0.3, -0.25) is 0 Å². The largest absolute Gasteiger partial charge is 0.416 e. The molecule has 3 rings (SSSR count). The summed E-state index contributed by atoms with van der Waals surface area (Å²) in [4.78, 5) is 6.86. The third-order valence-corrected chi connectivity index (χ3v) is 3.16. The number of rotatable bonds is 2. The molecule has 19 heavy (non-hydrogen) atoms. The molecule has 0 aliphatic heterocycles. The van der Waals surface area contributed by atoms with E-state index in [0.29, 0.717) is 5.92 Å². The minimum Gasteiger partial charge on any atom is -0.342 e. The predicted molar refractivity (Wildman–Crippen MR) is 61.0 cm³/mol. The van der Waals surface area contributed by atoms with Crippen molar-refractivity contribution < 1.29 is 17.6 Å². The summed E-state index contributed by atoms with van der Waals surface area (Å²) >= 11 is 0. The van der Waals surface area contributed by atoms with Gasteiger partial charge in [0.1, 0.15) is 11.6 Å². The molecule has 1 aliphatic carbocycles. The number of aromatic amines is 1. The van der Waals surface area contributed by atoms with E-state index in [0.717, 1.165) is 36.7 Å². The number of aromatic nitrogens is 2. The van der Waals surface area contributed by atoms with E-state index in [1.165, 1.54) is 0 Å². The highest BCUT2D eigenvalue weighted by Gasteiger charge is 2.32. The first-order chi connectivity index (χ1) is 8.95. The van der Waals surface area contributed by atoms with Crippen LogP contribution in [0, 0.1) is 5.82 Å². The van der Waals surface area contributed by atoms with Gasteiger partial charge in [-0.25, -0.2) is 9.37 Å². The molecule has 1 N–H and O–H groups in total. The Hall–Kier alpha value is -1.85. The van der Waals surface area contributed by atoms with Gasteiger partial charge in [-0.2, -0.15) is 13.2 Å². The highest BCUT2D eigenvalue weighted by atomic mass is 19.4. The molecule has 6 heteroatoms. The summed E-state index contributed by atoms with van der Waals surface area (Å²) < 4.78 is 51.5. The van der Waals surface area contributed by atoms with Crippen LogP contribution in [0.2, 0.25) is 0 Å². The summed E-state index contributed by atoms with van der Waals surface area (Å²) in [5.74, 6) is -0.190. The minimum atomic E-state index is -4.49. The van der Waals surface area contributed by atoms with E-state index in [1.807, 2.05) is 0 Å². The maximum Gasteiger partial charge on any atom is 0.416 e. The quantitative estimate of drug-likeness (QED) is 0.817. The molecule has 1 aromatic heterocycles. The lowest BCUT2D eigenvalue weighted by Crippen LogP contribution is -2.05. The summed E-state index contributed by atoms with van der Waals surface area (Å²) in [6, 6.07) is 2.33. The summed E-state index contributed by atoms with van der Waals surface area (Å²) in [5, 5.41) is 0. The molecule has 0 bridgehead atoms. The van der Waals surface area contributed by atoms with Crippen LogP contribution in [0.4, 0.5) is 17.6 Å². The third kappa shape index (κ3) is 2.34. The molecule has 100 valence electrons. The molecule has 0 amide bonds. The standard InChI is InChI=1S/C13H10F4N2/c14-10-4-3-8(13(15,16)17)5-9(10)12-18-6-11(19-12)7-1-2-7/h3-7H,1-2H2,(H,18,19). The van der Waals surface area contributed by atoms with Crippen molar-refractivity contribution in [2.75, 3.05) is 0 Å². The molecule has 0 atom stereocenters. The van der Waals surface area contributed by atoms with E-state index in [-0.39, 0.29) is 11.4 Å². The number of H-pyrrole nitrogens is 1. The van der Waals surface area contributed by atoms with Crippen LogP contribution < -0.4 is 0 Å². The van der Waals surface area contributed by atoms with Gasteiger partial charge < -0.3 is 4.98 Å². The Kier molecular flexibility index (Phi) is 2.62. The molecular formula is C13H10F4N2. The predicted octanol–water partition coefficient (Wildman–Crippen LogP) is 4.11. The van der Waals surface area contributed by atoms with Crippen molar-refractivity contribution in [3.8, 4) is 11.4 Å². The smallest absolute Gasteiger partial charge is 0.342 e. The molecule has 0 radical (unpaired) electrons. The Labute approximate surface area is 106 Å². The first-order valence-electron chi connectivity index (χ1n) is 5.87. The van der Waals surface area contributed by atoms with Crippen molar-refractivity contribution in [3.05, 3.63) is 41.5 Å². The summed E-state index contributed by atoms with van der Waals surface area (Å²) in [5.41, 5.74) is -0.179. The highest BCUT2D eigenvalue weighted by Crippen LogP contribution is 2.40. The second-order valence-corrected chi connectivity index (χ2v) is 4.65. The van der Waals surface area contributed by atoms with Crippen LogP contribution in [-0.4, -0.2) is 9.97 Å². The van der Waals surface area contributed by atoms with Crippen LogP contribution in [-0.2, 0) is 6.18 Å². The van der Waals surface area contributed by atoms with Gasteiger partial charge in [0.25, 0.3) is 0 Å². The molecule has 0 saturated heterocycles. The van der Waals surface area contributed by atoms with E-state index < -0.39 is 17.6 Å². The second kappa shape index (κ2) is 4.08. The molecule has 2 aromatic rings. The number of hydrogen-bond donors (Lipinski definition) is 1. The lowest BCUT2D eigenvalue weighted by Gasteiger charge is -2.08. The first kappa shape index (κ1) is 12.2. The van der Waals surface area contributed by atoms with Crippen LogP contribution in [0.1, 0.15) is 30.0 Å². The molecule has 0 unspecified atom stereocenters. The number of benzene rings is 1. The Morgan fingerprint density at radius 2 is 1.95 bits per heavy atom. The molecule has 2 nitrogen and oxygen atoms in total. The number of nitrogens with one attached hydrogen (secondary N) is 1. The normalized spacial score (nSPS) is 15.8. The SMILES string of the molecule is Fc1ccc(C(F)(F)F)cc1-c1ncc(C2CC2)[nH]1. The van der Waals surface area contributed by atoms with Gasteiger partial charge in [-0.15, -0.1) is 0 Å². The lowest BCUT2D eigenvalue weighted by molar-refractivity contribution is -0.137. The third-order valence-electron chi connectivity index (χ3n) is 3.16. The molecule has 0 spiro atoms. The Morgan fingerprint density at radius 3 is 2.58 bits per heavy atom. The van der Waals surface area contributed by atoms with Crippen molar-refractivity contribution >= 4 is 0 Å². The van der Waals surface area contributed by atoms with Crippen LogP contribution in [0.3, 0.4) is 0 Å². The highest BCUT2D eigenvalue weighted by molar-refractivity contribution is 5.58. The lowest BCUT2D eigenvalue weighted by atomic mass is 10.1. The van der Waals surface area contributed by atoms with Crippen molar-refractivity contribution in [1.29, 1.82) is 0 Å². The number of alkyl halides is 3. The van der Waals surface area contributed by atoms with Crippen molar-refractivity contribution in [2.24, 2.45) is 0 Å². The zero-order valence-corrected chi connectivity index (χ0v) is 9.76. The number of nitrogens with zero attached hydrogens (tertiary/aromatic N) is 1. The van der Waals surface area contributed by atoms with Crippen LogP contribution >= 0.6 is 0 Å². The van der Waals surface area contributed by atoms with E-state index in [1.54, 1.807) is 6.20 Å². The van der Waals surface area contributed by atoms with E-state index in [9.17, 15) is 17.6 Å². The van der Waals surface area contributed by atoms with Gasteiger partial charge in [0.05, 0.1) is 11.1 Å². The minimum absolute atomic E-state index is 0.144. The molecule has 1 fully saturated rings. The molecule has 1 aromatic carbocycles. The summed E-state index contributed by atoms with van der Waals surface area (Å²) in [7, 11) is 0. The summed E-state index contributed by atoms with van der Waals surface area (Å²) in [6.45, 7) is 0. The Balaban J connectivity index is 2.02. The maximum absolute atomic E-state index is 13.6. The van der Waals surface area contributed by atoms with Crippen molar-refractivity contribution in [2.45, 2.75) is 24.9 Å².